The predicted molar refractivity (Wildman–Crippen MR) is 57.9 cm³/mol. The van der Waals surface area contributed by atoms with Gasteiger partial charge < -0.3 is 5.73 Å². The van der Waals surface area contributed by atoms with E-state index in [0.29, 0.717) is 15.2 Å². The third kappa shape index (κ3) is 1.59. The summed E-state index contributed by atoms with van der Waals surface area (Å²) in [5.74, 6) is -1.08. The van der Waals surface area contributed by atoms with Crippen LogP contribution in [0.2, 0.25) is 0 Å². The zero-order valence-corrected chi connectivity index (χ0v) is 9.08. The highest BCUT2D eigenvalue weighted by atomic mass is 79.9. The van der Waals surface area contributed by atoms with Crippen molar-refractivity contribution in [2.75, 3.05) is 0 Å². The molecule has 2 rings (SSSR count). The number of carbonyl (C=O) groups is 1. The molecule has 0 saturated carbocycles. The van der Waals surface area contributed by atoms with Gasteiger partial charge in [0.1, 0.15) is 11.5 Å². The van der Waals surface area contributed by atoms with E-state index in [1.54, 1.807) is 6.07 Å². The Kier molecular flexibility index (Phi) is 2.40. The molecule has 0 bridgehead atoms. The Morgan fingerprint density at radius 1 is 1.47 bits per heavy atom. The second-order valence-electron chi connectivity index (χ2n) is 2.98. The zero-order valence-electron chi connectivity index (χ0n) is 7.50. The molecule has 0 atom stereocenters. The number of aromatic nitrogens is 1. The highest BCUT2D eigenvalue weighted by Gasteiger charge is 2.12. The summed E-state index contributed by atoms with van der Waals surface area (Å²) in [4.78, 5) is 14.9. The van der Waals surface area contributed by atoms with Crippen molar-refractivity contribution in [2.45, 2.75) is 0 Å². The summed E-state index contributed by atoms with van der Waals surface area (Å²) in [6.07, 6.45) is 1.37. The fourth-order valence-corrected chi connectivity index (χ4v) is 1.92. The number of carbonyl (C=O) groups excluding carboxylic acids is 1. The quantitative estimate of drug-likeness (QED) is 0.863. The van der Waals surface area contributed by atoms with E-state index in [1.165, 1.54) is 18.3 Å². The number of hydrogen-bond donors (Lipinski definition) is 1. The van der Waals surface area contributed by atoms with Crippen LogP contribution in [0, 0.1) is 5.82 Å². The van der Waals surface area contributed by atoms with Crippen molar-refractivity contribution in [3.8, 4) is 0 Å². The summed E-state index contributed by atoms with van der Waals surface area (Å²) in [6.45, 7) is 0. The number of amides is 1. The minimum atomic E-state index is -0.668. The molecule has 1 heterocycles. The lowest BCUT2D eigenvalue weighted by molar-refractivity contribution is 0.0997. The average Bonchev–Trinajstić information content (AvgIpc) is 2.17. The van der Waals surface area contributed by atoms with Crippen LogP contribution in [0.15, 0.2) is 28.9 Å². The maximum absolute atomic E-state index is 13.5. The summed E-state index contributed by atoms with van der Waals surface area (Å²) < 4.78 is 14.0. The molecule has 2 aromatic rings. The average molecular weight is 269 g/mol. The minimum absolute atomic E-state index is 0.0766. The van der Waals surface area contributed by atoms with E-state index in [4.69, 9.17) is 5.73 Å². The number of nitrogens with two attached hydrogens (primary N) is 1. The van der Waals surface area contributed by atoms with Crippen molar-refractivity contribution < 1.29 is 9.18 Å². The van der Waals surface area contributed by atoms with Crippen LogP contribution in [0.4, 0.5) is 4.39 Å². The van der Waals surface area contributed by atoms with Crippen LogP contribution in [0.1, 0.15) is 10.5 Å². The van der Waals surface area contributed by atoms with Gasteiger partial charge in [-0.25, -0.2) is 9.37 Å². The number of hydrogen-bond acceptors (Lipinski definition) is 2. The van der Waals surface area contributed by atoms with E-state index in [1.807, 2.05) is 0 Å². The molecule has 5 heteroatoms. The molecule has 3 nitrogen and oxygen atoms in total. The van der Waals surface area contributed by atoms with Crippen molar-refractivity contribution in [1.29, 1.82) is 0 Å². The molecule has 0 aliphatic rings. The van der Waals surface area contributed by atoms with Crippen molar-refractivity contribution >= 4 is 32.6 Å². The Balaban J connectivity index is 2.95. The SMILES string of the molecule is NC(=O)c1ncc(Br)c2c(F)cccc12. The highest BCUT2D eigenvalue weighted by Crippen LogP contribution is 2.27. The maximum Gasteiger partial charge on any atom is 0.267 e. The highest BCUT2D eigenvalue weighted by molar-refractivity contribution is 9.10. The normalized spacial score (nSPS) is 10.5. The van der Waals surface area contributed by atoms with Crippen molar-refractivity contribution in [1.82, 2.24) is 4.98 Å². The first-order chi connectivity index (χ1) is 7.11. The van der Waals surface area contributed by atoms with Crippen molar-refractivity contribution in [2.24, 2.45) is 5.73 Å². The van der Waals surface area contributed by atoms with Crippen LogP contribution in [-0.4, -0.2) is 10.9 Å². The third-order valence-corrected chi connectivity index (χ3v) is 2.65. The van der Waals surface area contributed by atoms with Gasteiger partial charge in [-0.05, 0) is 22.0 Å². The maximum atomic E-state index is 13.5. The number of primary amides is 1. The smallest absolute Gasteiger partial charge is 0.267 e. The van der Waals surface area contributed by atoms with Gasteiger partial charge in [-0.15, -0.1) is 0 Å². The molecule has 15 heavy (non-hydrogen) atoms. The molecule has 0 saturated heterocycles. The van der Waals surface area contributed by atoms with Gasteiger partial charge in [0.05, 0.1) is 0 Å². The largest absolute Gasteiger partial charge is 0.364 e. The summed E-state index contributed by atoms with van der Waals surface area (Å²) >= 11 is 3.18. The molecular formula is C10H6BrFN2O. The number of pyridine rings is 1. The Morgan fingerprint density at radius 2 is 2.20 bits per heavy atom. The van der Waals surface area contributed by atoms with Crippen molar-refractivity contribution in [3.05, 3.63) is 40.4 Å². The molecule has 0 unspecified atom stereocenters. The molecular weight excluding hydrogens is 263 g/mol. The monoisotopic (exact) mass is 268 g/mol. The Hall–Kier alpha value is -1.49. The molecule has 0 fully saturated rings. The first-order valence-electron chi connectivity index (χ1n) is 4.14. The van der Waals surface area contributed by atoms with Crippen LogP contribution in [0.25, 0.3) is 10.8 Å². The molecule has 1 amide bonds. The number of rotatable bonds is 1. The molecule has 0 aliphatic heterocycles. The lowest BCUT2D eigenvalue weighted by Crippen LogP contribution is -2.13. The van der Waals surface area contributed by atoms with Crippen molar-refractivity contribution in [3.63, 3.8) is 0 Å². The van der Waals surface area contributed by atoms with E-state index >= 15 is 0 Å². The predicted octanol–water partition coefficient (Wildman–Crippen LogP) is 2.24. The van der Waals surface area contributed by atoms with Crippen LogP contribution in [-0.2, 0) is 0 Å². The summed E-state index contributed by atoms with van der Waals surface area (Å²) in [5.41, 5.74) is 5.22. The number of fused-ring (bicyclic) bond motifs is 1. The first-order valence-corrected chi connectivity index (χ1v) is 4.93. The summed E-state index contributed by atoms with van der Waals surface area (Å²) in [5, 5.41) is 0.734. The third-order valence-electron chi connectivity index (χ3n) is 2.05. The van der Waals surface area contributed by atoms with Gasteiger partial charge in [0.2, 0.25) is 0 Å². The van der Waals surface area contributed by atoms with Gasteiger partial charge in [0.25, 0.3) is 5.91 Å². The van der Waals surface area contributed by atoms with Gasteiger partial charge in [-0.2, -0.15) is 0 Å². The number of benzene rings is 1. The fraction of sp³-hybridized carbons (Fsp3) is 0. The van der Waals surface area contributed by atoms with Gasteiger partial charge in [-0.3, -0.25) is 4.79 Å². The minimum Gasteiger partial charge on any atom is -0.364 e. The lowest BCUT2D eigenvalue weighted by Gasteiger charge is -2.04. The van der Waals surface area contributed by atoms with Crippen LogP contribution in [0.3, 0.4) is 0 Å². The second-order valence-corrected chi connectivity index (χ2v) is 3.84. The van der Waals surface area contributed by atoms with Gasteiger partial charge >= 0.3 is 0 Å². The fourth-order valence-electron chi connectivity index (χ4n) is 1.42. The summed E-state index contributed by atoms with van der Waals surface area (Å²) in [7, 11) is 0. The molecule has 0 aliphatic carbocycles. The lowest BCUT2D eigenvalue weighted by atomic mass is 10.1. The van der Waals surface area contributed by atoms with E-state index < -0.39 is 11.7 Å². The Morgan fingerprint density at radius 3 is 2.87 bits per heavy atom. The van der Waals surface area contributed by atoms with Gasteiger partial charge in [0.15, 0.2) is 0 Å². The Labute approximate surface area is 93.2 Å². The molecule has 1 aromatic heterocycles. The first kappa shape index (κ1) is 10.0. The molecule has 2 N–H and O–H groups in total. The van der Waals surface area contributed by atoms with Crippen LogP contribution < -0.4 is 5.73 Å². The van der Waals surface area contributed by atoms with Crippen LogP contribution in [0.5, 0.6) is 0 Å². The second kappa shape index (κ2) is 3.58. The number of nitrogens with zero attached hydrogens (tertiary/aromatic N) is 1. The Bertz CT molecular complexity index is 548. The van der Waals surface area contributed by atoms with E-state index in [9.17, 15) is 9.18 Å². The van der Waals surface area contributed by atoms with E-state index in [2.05, 4.69) is 20.9 Å². The molecule has 0 radical (unpaired) electrons. The van der Waals surface area contributed by atoms with E-state index in [-0.39, 0.29) is 5.69 Å². The van der Waals surface area contributed by atoms with Gasteiger partial charge in [-0.1, -0.05) is 12.1 Å². The summed E-state index contributed by atoms with van der Waals surface area (Å²) in [6, 6.07) is 4.44. The molecule has 76 valence electrons. The zero-order chi connectivity index (χ0) is 11.0. The van der Waals surface area contributed by atoms with Crippen LogP contribution >= 0.6 is 15.9 Å². The molecule has 1 aromatic carbocycles. The van der Waals surface area contributed by atoms with E-state index in [0.717, 1.165) is 0 Å². The standard InChI is InChI=1S/C10H6BrFN2O/c11-6-4-14-9(10(13)15)5-2-1-3-7(12)8(5)6/h1-4H,(H2,13,15). The topological polar surface area (TPSA) is 56.0 Å². The molecule has 0 spiro atoms. The number of halogens is 2. The van der Waals surface area contributed by atoms with Gasteiger partial charge in [0, 0.05) is 21.4 Å².